The summed E-state index contributed by atoms with van der Waals surface area (Å²) in [5.74, 6) is 1.14. The Morgan fingerprint density at radius 3 is 2.78 bits per heavy atom. The standard InChI is InChI=1S/C15H21N5O2S/c1-3-12(14(21)17-13-10-11(2)22-18-13)19-5-7-20(8-6-19)15-16-4-9-23-15/h4,9-10,12H,3,5-8H2,1-2H3,(H,17,18,21)/t12-/m0/s1. The zero-order valence-electron chi connectivity index (χ0n) is 13.4. The molecule has 1 saturated heterocycles. The molecular formula is C15H21N5O2S. The van der Waals surface area contributed by atoms with Gasteiger partial charge in [0.15, 0.2) is 10.9 Å². The first kappa shape index (κ1) is 15.9. The fourth-order valence-electron chi connectivity index (χ4n) is 2.84. The highest BCUT2D eigenvalue weighted by atomic mass is 32.1. The van der Waals surface area contributed by atoms with E-state index in [1.165, 1.54) is 0 Å². The molecule has 2 aromatic heterocycles. The van der Waals surface area contributed by atoms with Crippen molar-refractivity contribution in [2.45, 2.75) is 26.3 Å². The summed E-state index contributed by atoms with van der Waals surface area (Å²) in [5, 5.41) is 9.71. The minimum Gasteiger partial charge on any atom is -0.360 e. The van der Waals surface area contributed by atoms with Gasteiger partial charge in [-0.15, -0.1) is 11.3 Å². The fraction of sp³-hybridized carbons (Fsp3) is 0.533. The molecule has 0 saturated carbocycles. The van der Waals surface area contributed by atoms with Crippen LogP contribution in [-0.2, 0) is 4.79 Å². The van der Waals surface area contributed by atoms with Gasteiger partial charge in [-0.1, -0.05) is 12.1 Å². The normalized spacial score (nSPS) is 17.2. The molecule has 2 aromatic rings. The van der Waals surface area contributed by atoms with Crippen molar-refractivity contribution < 1.29 is 9.32 Å². The third kappa shape index (κ3) is 3.70. The number of nitrogens with zero attached hydrogens (tertiary/aromatic N) is 4. The number of nitrogens with one attached hydrogen (secondary N) is 1. The van der Waals surface area contributed by atoms with E-state index < -0.39 is 0 Å². The lowest BCUT2D eigenvalue weighted by Crippen LogP contribution is -2.53. The number of piperazine rings is 1. The minimum absolute atomic E-state index is 0.0245. The molecule has 1 atom stereocenters. The van der Waals surface area contributed by atoms with E-state index in [2.05, 4.69) is 25.3 Å². The smallest absolute Gasteiger partial charge is 0.242 e. The SMILES string of the molecule is CC[C@@H](C(=O)Nc1cc(C)on1)N1CCN(c2nccs2)CC1. The molecule has 0 aliphatic carbocycles. The third-order valence-corrected chi connectivity index (χ3v) is 4.85. The van der Waals surface area contributed by atoms with Crippen molar-refractivity contribution in [2.75, 3.05) is 36.4 Å². The Labute approximate surface area is 139 Å². The van der Waals surface area contributed by atoms with Gasteiger partial charge in [0.1, 0.15) is 5.76 Å². The lowest BCUT2D eigenvalue weighted by atomic mass is 10.1. The van der Waals surface area contributed by atoms with Crippen LogP contribution in [0.3, 0.4) is 0 Å². The maximum absolute atomic E-state index is 12.5. The third-order valence-electron chi connectivity index (χ3n) is 4.01. The Kier molecular flexibility index (Phi) is 4.92. The van der Waals surface area contributed by atoms with E-state index in [1.807, 2.05) is 18.5 Å². The van der Waals surface area contributed by atoms with Crippen LogP contribution in [0.25, 0.3) is 0 Å². The number of thiazole rings is 1. The summed E-state index contributed by atoms with van der Waals surface area (Å²) < 4.78 is 4.99. The Hall–Kier alpha value is -1.93. The number of amides is 1. The Morgan fingerprint density at radius 1 is 1.43 bits per heavy atom. The Balaban J connectivity index is 1.57. The molecule has 0 unspecified atom stereocenters. The molecule has 23 heavy (non-hydrogen) atoms. The molecule has 0 radical (unpaired) electrons. The fourth-order valence-corrected chi connectivity index (χ4v) is 3.54. The summed E-state index contributed by atoms with van der Waals surface area (Å²) in [4.78, 5) is 21.4. The number of rotatable bonds is 5. The largest absolute Gasteiger partial charge is 0.360 e. The van der Waals surface area contributed by atoms with Gasteiger partial charge in [-0.3, -0.25) is 9.69 Å². The molecule has 3 heterocycles. The highest BCUT2D eigenvalue weighted by molar-refractivity contribution is 7.13. The van der Waals surface area contributed by atoms with Crippen molar-refractivity contribution in [1.82, 2.24) is 15.0 Å². The van der Waals surface area contributed by atoms with Crippen molar-refractivity contribution in [3.05, 3.63) is 23.4 Å². The van der Waals surface area contributed by atoms with Crippen LogP contribution in [0.15, 0.2) is 22.2 Å². The van der Waals surface area contributed by atoms with Crippen LogP contribution >= 0.6 is 11.3 Å². The first-order valence-corrected chi connectivity index (χ1v) is 8.68. The van der Waals surface area contributed by atoms with Crippen LogP contribution in [0, 0.1) is 6.92 Å². The average Bonchev–Trinajstić information content (AvgIpc) is 3.21. The van der Waals surface area contributed by atoms with Gasteiger partial charge in [0.25, 0.3) is 0 Å². The monoisotopic (exact) mass is 335 g/mol. The number of aryl methyl sites for hydroxylation is 1. The second-order valence-corrected chi connectivity index (χ2v) is 6.45. The van der Waals surface area contributed by atoms with Crippen molar-refractivity contribution >= 4 is 28.2 Å². The molecule has 1 aliphatic heterocycles. The molecule has 8 heteroatoms. The van der Waals surface area contributed by atoms with Crippen LogP contribution in [0.4, 0.5) is 10.9 Å². The number of aromatic nitrogens is 2. The van der Waals surface area contributed by atoms with Crippen LogP contribution in [-0.4, -0.2) is 53.2 Å². The maximum Gasteiger partial charge on any atom is 0.242 e. The van der Waals surface area contributed by atoms with Crippen LogP contribution < -0.4 is 10.2 Å². The van der Waals surface area contributed by atoms with Gasteiger partial charge in [-0.05, 0) is 13.3 Å². The summed E-state index contributed by atoms with van der Waals surface area (Å²) in [7, 11) is 0. The van der Waals surface area contributed by atoms with Gasteiger partial charge in [0, 0.05) is 43.8 Å². The molecule has 7 nitrogen and oxygen atoms in total. The summed E-state index contributed by atoms with van der Waals surface area (Å²) in [6.07, 6.45) is 2.59. The molecule has 0 spiro atoms. The van der Waals surface area contributed by atoms with Crippen LogP contribution in [0.2, 0.25) is 0 Å². The first-order chi connectivity index (χ1) is 11.2. The molecule has 0 aromatic carbocycles. The highest BCUT2D eigenvalue weighted by Crippen LogP contribution is 2.20. The lowest BCUT2D eigenvalue weighted by molar-refractivity contribution is -0.121. The predicted octanol–water partition coefficient (Wildman–Crippen LogP) is 1.98. The zero-order chi connectivity index (χ0) is 16.2. The summed E-state index contributed by atoms with van der Waals surface area (Å²) in [5.41, 5.74) is 0. The van der Waals surface area contributed by atoms with E-state index in [1.54, 1.807) is 24.3 Å². The molecule has 1 aliphatic rings. The number of carbonyl (C=O) groups excluding carboxylic acids is 1. The van der Waals surface area contributed by atoms with E-state index in [0.29, 0.717) is 11.6 Å². The number of carbonyl (C=O) groups is 1. The van der Waals surface area contributed by atoms with Crippen molar-refractivity contribution in [3.8, 4) is 0 Å². The first-order valence-electron chi connectivity index (χ1n) is 7.80. The van der Waals surface area contributed by atoms with Gasteiger partial charge in [0.05, 0.1) is 6.04 Å². The second-order valence-electron chi connectivity index (χ2n) is 5.57. The zero-order valence-corrected chi connectivity index (χ0v) is 14.2. The second kappa shape index (κ2) is 7.10. The summed E-state index contributed by atoms with van der Waals surface area (Å²) in [6.45, 7) is 7.32. The van der Waals surface area contributed by atoms with E-state index in [4.69, 9.17) is 4.52 Å². The molecular weight excluding hydrogens is 314 g/mol. The summed E-state index contributed by atoms with van der Waals surface area (Å²) >= 11 is 1.65. The minimum atomic E-state index is -0.148. The average molecular weight is 335 g/mol. The lowest BCUT2D eigenvalue weighted by Gasteiger charge is -2.38. The van der Waals surface area contributed by atoms with Crippen molar-refractivity contribution in [1.29, 1.82) is 0 Å². The molecule has 0 bridgehead atoms. The van der Waals surface area contributed by atoms with Crippen LogP contribution in [0.1, 0.15) is 19.1 Å². The quantitative estimate of drug-likeness (QED) is 0.900. The van der Waals surface area contributed by atoms with E-state index in [9.17, 15) is 4.79 Å². The number of anilines is 2. The Bertz CT molecular complexity index is 634. The van der Waals surface area contributed by atoms with Gasteiger partial charge in [-0.25, -0.2) is 4.98 Å². The van der Waals surface area contributed by atoms with E-state index in [0.717, 1.165) is 37.7 Å². The topological polar surface area (TPSA) is 74.5 Å². The number of hydrogen-bond acceptors (Lipinski definition) is 7. The van der Waals surface area contributed by atoms with E-state index in [-0.39, 0.29) is 11.9 Å². The van der Waals surface area contributed by atoms with Crippen LogP contribution in [0.5, 0.6) is 0 Å². The number of hydrogen-bond donors (Lipinski definition) is 1. The van der Waals surface area contributed by atoms with Crippen molar-refractivity contribution in [3.63, 3.8) is 0 Å². The van der Waals surface area contributed by atoms with Gasteiger partial charge >= 0.3 is 0 Å². The molecule has 3 rings (SSSR count). The van der Waals surface area contributed by atoms with Gasteiger partial charge in [-0.2, -0.15) is 0 Å². The molecule has 1 fully saturated rings. The van der Waals surface area contributed by atoms with Crippen molar-refractivity contribution in [2.24, 2.45) is 0 Å². The predicted molar refractivity (Wildman–Crippen MR) is 89.8 cm³/mol. The van der Waals surface area contributed by atoms with Gasteiger partial charge in [0.2, 0.25) is 5.91 Å². The maximum atomic E-state index is 12.5. The molecule has 1 N–H and O–H groups in total. The van der Waals surface area contributed by atoms with Gasteiger partial charge < -0.3 is 14.7 Å². The highest BCUT2D eigenvalue weighted by Gasteiger charge is 2.28. The molecule has 124 valence electrons. The Morgan fingerprint density at radius 2 is 2.22 bits per heavy atom. The summed E-state index contributed by atoms with van der Waals surface area (Å²) in [6, 6.07) is 1.58. The van der Waals surface area contributed by atoms with E-state index >= 15 is 0 Å². The molecule has 1 amide bonds.